The number of hydrogen-bond acceptors (Lipinski definition) is 5. The molecular weight excluding hydrogens is 404 g/mol. The highest BCUT2D eigenvalue weighted by Gasteiger charge is 2.28. The molecule has 1 aliphatic heterocycles. The first-order valence-electron chi connectivity index (χ1n) is 9.99. The molecule has 3 heterocycles. The number of halogens is 1. The van der Waals surface area contributed by atoms with Crippen molar-refractivity contribution in [1.29, 1.82) is 0 Å². The van der Waals surface area contributed by atoms with Gasteiger partial charge < -0.3 is 9.32 Å². The number of amides is 1. The zero-order chi connectivity index (χ0) is 21.1. The van der Waals surface area contributed by atoms with Crippen LogP contribution < -0.4 is 5.56 Å². The van der Waals surface area contributed by atoms with Crippen molar-refractivity contribution in [2.45, 2.75) is 38.6 Å². The molecule has 2 aromatic heterocycles. The second-order valence-corrected chi connectivity index (χ2v) is 8.06. The Labute approximate surface area is 179 Å². The molecular formula is C22H23ClN4O3. The molecule has 0 aliphatic carbocycles. The highest BCUT2D eigenvalue weighted by Crippen LogP contribution is 2.27. The molecule has 4 rings (SSSR count). The minimum Gasteiger partial charge on any atom is -0.445 e. The van der Waals surface area contributed by atoms with Crippen molar-refractivity contribution in [3.8, 4) is 0 Å². The molecule has 1 unspecified atom stereocenters. The molecule has 0 radical (unpaired) electrons. The van der Waals surface area contributed by atoms with Gasteiger partial charge in [-0.05, 0) is 43.5 Å². The number of carbonyl (C=O) groups is 1. The van der Waals surface area contributed by atoms with Crippen molar-refractivity contribution >= 4 is 17.5 Å². The summed E-state index contributed by atoms with van der Waals surface area (Å²) in [5.41, 5.74) is 1.48. The predicted octanol–water partition coefficient (Wildman–Crippen LogP) is 3.19. The fourth-order valence-corrected chi connectivity index (χ4v) is 3.95. The Morgan fingerprint density at radius 3 is 3.00 bits per heavy atom. The summed E-state index contributed by atoms with van der Waals surface area (Å²) >= 11 is 6.05. The van der Waals surface area contributed by atoms with Crippen LogP contribution in [0.4, 0.5) is 0 Å². The number of aromatic nitrogens is 3. The SMILES string of the molecule is Cc1ccc(=O)n(CC(=O)N2CCCC(c3ncc(Cc4cccc(Cl)c4)o3)C2)n1. The summed E-state index contributed by atoms with van der Waals surface area (Å²) in [6, 6.07) is 10.7. The summed E-state index contributed by atoms with van der Waals surface area (Å²) in [5, 5.41) is 4.84. The molecule has 30 heavy (non-hydrogen) atoms. The Balaban J connectivity index is 1.41. The highest BCUT2D eigenvalue weighted by atomic mass is 35.5. The van der Waals surface area contributed by atoms with E-state index >= 15 is 0 Å². The van der Waals surface area contributed by atoms with Crippen molar-refractivity contribution in [2.75, 3.05) is 13.1 Å². The molecule has 0 spiro atoms. The summed E-state index contributed by atoms with van der Waals surface area (Å²) in [5.74, 6) is 1.34. The average Bonchev–Trinajstić information content (AvgIpc) is 3.19. The van der Waals surface area contributed by atoms with E-state index in [-0.39, 0.29) is 23.9 Å². The zero-order valence-electron chi connectivity index (χ0n) is 16.8. The molecule has 1 saturated heterocycles. The minimum absolute atomic E-state index is 0.0398. The van der Waals surface area contributed by atoms with E-state index in [0.717, 1.165) is 24.2 Å². The number of aryl methyl sites for hydroxylation is 1. The van der Waals surface area contributed by atoms with E-state index in [2.05, 4.69) is 10.1 Å². The van der Waals surface area contributed by atoms with Gasteiger partial charge in [-0.3, -0.25) is 9.59 Å². The summed E-state index contributed by atoms with van der Waals surface area (Å²) in [6.45, 7) is 2.92. The van der Waals surface area contributed by atoms with Crippen molar-refractivity contribution in [3.63, 3.8) is 0 Å². The molecule has 0 N–H and O–H groups in total. The largest absolute Gasteiger partial charge is 0.445 e. The molecule has 3 aromatic rings. The monoisotopic (exact) mass is 426 g/mol. The fraction of sp³-hybridized carbons (Fsp3) is 0.364. The summed E-state index contributed by atoms with van der Waals surface area (Å²) < 4.78 is 7.21. The van der Waals surface area contributed by atoms with Crippen LogP contribution in [0.3, 0.4) is 0 Å². The molecule has 1 amide bonds. The van der Waals surface area contributed by atoms with E-state index in [1.165, 1.54) is 10.7 Å². The van der Waals surface area contributed by atoms with Gasteiger partial charge in [-0.1, -0.05) is 23.7 Å². The molecule has 0 saturated carbocycles. The maximum atomic E-state index is 12.7. The third kappa shape index (κ3) is 4.79. The molecule has 0 bridgehead atoms. The second kappa shape index (κ2) is 8.83. The molecule has 1 aliphatic rings. The molecule has 8 heteroatoms. The highest BCUT2D eigenvalue weighted by molar-refractivity contribution is 6.30. The lowest BCUT2D eigenvalue weighted by Gasteiger charge is -2.31. The van der Waals surface area contributed by atoms with Crippen molar-refractivity contribution in [3.05, 3.63) is 80.9 Å². The van der Waals surface area contributed by atoms with E-state index in [9.17, 15) is 9.59 Å². The lowest BCUT2D eigenvalue weighted by molar-refractivity contribution is -0.133. The maximum absolute atomic E-state index is 12.7. The van der Waals surface area contributed by atoms with E-state index in [0.29, 0.717) is 36.1 Å². The predicted molar refractivity (Wildman–Crippen MR) is 113 cm³/mol. The van der Waals surface area contributed by atoms with Crippen molar-refractivity contribution in [2.24, 2.45) is 0 Å². The van der Waals surface area contributed by atoms with Crippen LogP contribution in [-0.2, 0) is 17.8 Å². The number of hydrogen-bond donors (Lipinski definition) is 0. The molecule has 1 aromatic carbocycles. The van der Waals surface area contributed by atoms with Crippen LogP contribution in [0.1, 0.15) is 41.7 Å². The van der Waals surface area contributed by atoms with Gasteiger partial charge in [-0.25, -0.2) is 9.67 Å². The van der Waals surface area contributed by atoms with Gasteiger partial charge in [-0.15, -0.1) is 0 Å². The van der Waals surface area contributed by atoms with Crippen molar-refractivity contribution < 1.29 is 9.21 Å². The second-order valence-electron chi connectivity index (χ2n) is 7.62. The minimum atomic E-state index is -0.277. The first-order chi connectivity index (χ1) is 14.5. The average molecular weight is 427 g/mol. The smallest absolute Gasteiger partial charge is 0.267 e. The summed E-state index contributed by atoms with van der Waals surface area (Å²) in [7, 11) is 0. The molecule has 156 valence electrons. The van der Waals surface area contributed by atoms with Crippen LogP contribution in [-0.4, -0.2) is 38.7 Å². The van der Waals surface area contributed by atoms with E-state index in [1.54, 1.807) is 24.1 Å². The van der Waals surface area contributed by atoms with Crippen LogP contribution in [0.5, 0.6) is 0 Å². The van der Waals surface area contributed by atoms with Gasteiger partial charge in [0.2, 0.25) is 5.91 Å². The lowest BCUT2D eigenvalue weighted by Crippen LogP contribution is -2.42. The van der Waals surface area contributed by atoms with E-state index in [1.807, 2.05) is 24.3 Å². The third-order valence-corrected chi connectivity index (χ3v) is 5.48. The van der Waals surface area contributed by atoms with Crippen LogP contribution in [0, 0.1) is 6.92 Å². The number of oxazole rings is 1. The van der Waals surface area contributed by atoms with Gasteiger partial charge in [0.05, 0.1) is 17.8 Å². The van der Waals surface area contributed by atoms with E-state index < -0.39 is 0 Å². The van der Waals surface area contributed by atoms with Gasteiger partial charge in [0.1, 0.15) is 12.3 Å². The van der Waals surface area contributed by atoms with Crippen LogP contribution in [0.2, 0.25) is 5.02 Å². The van der Waals surface area contributed by atoms with Gasteiger partial charge in [-0.2, -0.15) is 5.10 Å². The Hall–Kier alpha value is -2.93. The van der Waals surface area contributed by atoms with Crippen LogP contribution in [0.15, 0.2) is 51.8 Å². The van der Waals surface area contributed by atoms with Gasteiger partial charge in [0, 0.05) is 30.6 Å². The Morgan fingerprint density at radius 2 is 2.17 bits per heavy atom. The maximum Gasteiger partial charge on any atom is 0.267 e. The summed E-state index contributed by atoms with van der Waals surface area (Å²) in [6.07, 6.45) is 4.13. The van der Waals surface area contributed by atoms with Gasteiger partial charge in [0.25, 0.3) is 5.56 Å². The Morgan fingerprint density at radius 1 is 1.30 bits per heavy atom. The Kier molecular flexibility index (Phi) is 5.99. The quantitative estimate of drug-likeness (QED) is 0.625. The zero-order valence-corrected chi connectivity index (χ0v) is 17.5. The Bertz CT molecular complexity index is 1110. The van der Waals surface area contributed by atoms with Gasteiger partial charge >= 0.3 is 0 Å². The third-order valence-electron chi connectivity index (χ3n) is 5.25. The standard InChI is InChI=1S/C22H23ClN4O3/c1-15-7-8-20(28)27(25-15)14-21(29)26-9-3-5-17(13-26)22-24-12-19(30-22)11-16-4-2-6-18(23)10-16/h2,4,6-8,10,12,17H,3,5,9,11,13-14H2,1H3. The number of rotatable bonds is 5. The van der Waals surface area contributed by atoms with E-state index in [4.69, 9.17) is 16.0 Å². The number of piperidine rings is 1. The van der Waals surface area contributed by atoms with Gasteiger partial charge in [0.15, 0.2) is 5.89 Å². The van der Waals surface area contributed by atoms with Crippen LogP contribution in [0.25, 0.3) is 0 Å². The molecule has 1 fully saturated rings. The summed E-state index contributed by atoms with van der Waals surface area (Å²) in [4.78, 5) is 30.9. The first kappa shape index (κ1) is 20.3. The normalized spacial score (nSPS) is 16.6. The number of likely N-dealkylation sites (tertiary alicyclic amines) is 1. The first-order valence-corrected chi connectivity index (χ1v) is 10.4. The topological polar surface area (TPSA) is 81.2 Å². The fourth-order valence-electron chi connectivity index (χ4n) is 3.74. The molecule has 7 nitrogen and oxygen atoms in total. The number of nitrogens with zero attached hydrogens (tertiary/aromatic N) is 4. The lowest BCUT2D eigenvalue weighted by atomic mass is 9.98. The molecule has 1 atom stereocenters. The number of benzene rings is 1. The van der Waals surface area contributed by atoms with Crippen LogP contribution >= 0.6 is 11.6 Å². The van der Waals surface area contributed by atoms with Crippen molar-refractivity contribution in [1.82, 2.24) is 19.7 Å². The number of carbonyl (C=O) groups excluding carboxylic acids is 1.